The molecule has 2 saturated carbocycles. The Labute approximate surface area is 98.6 Å². The quantitative estimate of drug-likeness (QED) is 0.589. The maximum atomic E-state index is 10.7. The molecule has 102 valence electrons. The molecule has 0 aromatic carbocycles. The standard InChI is InChI=1S/C9H16O.F3NO2S/c10-9-6-5-7-3-1-2-4-8(7)9;1-4(2)7(3,5)6/h7-10H,1-6H2;. The summed E-state index contributed by atoms with van der Waals surface area (Å²) in [6.07, 6.45) is 7.89. The lowest BCUT2D eigenvalue weighted by molar-refractivity contribution is -0.0591. The molecular weight excluding hydrogens is 259 g/mol. The Morgan fingerprint density at radius 3 is 2.06 bits per heavy atom. The fourth-order valence-corrected chi connectivity index (χ4v) is 2.70. The van der Waals surface area contributed by atoms with E-state index in [1.807, 2.05) is 0 Å². The van der Waals surface area contributed by atoms with E-state index in [4.69, 9.17) is 8.42 Å². The second-order valence-corrected chi connectivity index (χ2v) is 5.57. The molecule has 0 aliphatic heterocycles. The van der Waals surface area contributed by atoms with Crippen LogP contribution in [0.5, 0.6) is 0 Å². The van der Waals surface area contributed by atoms with E-state index < -0.39 is 15.2 Å². The Morgan fingerprint density at radius 2 is 1.59 bits per heavy atom. The van der Waals surface area contributed by atoms with Crippen molar-refractivity contribution >= 4 is 10.4 Å². The van der Waals surface area contributed by atoms with Crippen LogP contribution >= 0.6 is 0 Å². The second-order valence-electron chi connectivity index (χ2n) is 4.47. The highest BCUT2D eigenvalue weighted by atomic mass is 32.3. The van der Waals surface area contributed by atoms with Gasteiger partial charge in [-0.25, -0.2) is 0 Å². The van der Waals surface area contributed by atoms with Crippen molar-refractivity contribution in [1.29, 1.82) is 0 Å². The van der Waals surface area contributed by atoms with Gasteiger partial charge in [-0.3, -0.25) is 0 Å². The van der Waals surface area contributed by atoms with Gasteiger partial charge in [0.05, 0.1) is 6.10 Å². The molecule has 0 heterocycles. The van der Waals surface area contributed by atoms with E-state index >= 15 is 0 Å². The first-order chi connectivity index (χ1) is 7.82. The molecule has 4 nitrogen and oxygen atoms in total. The van der Waals surface area contributed by atoms with E-state index in [-0.39, 0.29) is 6.10 Å². The molecule has 2 fully saturated rings. The van der Waals surface area contributed by atoms with Crippen LogP contribution in [-0.2, 0) is 10.4 Å². The molecule has 3 unspecified atom stereocenters. The van der Waals surface area contributed by atoms with Crippen molar-refractivity contribution in [3.05, 3.63) is 0 Å². The number of aliphatic hydroxyl groups is 1. The van der Waals surface area contributed by atoms with Crippen molar-refractivity contribution in [3.8, 4) is 0 Å². The number of hydrogen-bond acceptors (Lipinski definition) is 3. The third-order valence-corrected chi connectivity index (χ3v) is 3.79. The topological polar surface area (TPSA) is 57.6 Å². The Balaban J connectivity index is 0.000000185. The number of aliphatic hydroxyl groups excluding tert-OH is 1. The van der Waals surface area contributed by atoms with Gasteiger partial charge in [0.2, 0.25) is 0 Å². The summed E-state index contributed by atoms with van der Waals surface area (Å²) in [6.45, 7) is 0. The van der Waals surface area contributed by atoms with E-state index in [1.165, 1.54) is 32.1 Å². The molecule has 2 aliphatic rings. The minimum absolute atomic E-state index is 0.0605. The SMILES string of the molecule is O=S(=O)(F)N(F)F.OC1CCC2CCCCC12. The van der Waals surface area contributed by atoms with Gasteiger partial charge in [-0.05, 0) is 31.1 Å². The molecule has 0 radical (unpaired) electrons. The molecule has 17 heavy (non-hydrogen) atoms. The van der Waals surface area contributed by atoms with Crippen LogP contribution in [0.3, 0.4) is 0 Å². The molecule has 0 aromatic heterocycles. The van der Waals surface area contributed by atoms with Gasteiger partial charge in [0, 0.05) is 0 Å². The average molecular weight is 275 g/mol. The summed E-state index contributed by atoms with van der Waals surface area (Å²) in [7, 11) is -5.74. The monoisotopic (exact) mass is 275 g/mol. The number of halogens is 3. The van der Waals surface area contributed by atoms with Crippen LogP contribution in [0.2, 0.25) is 0 Å². The average Bonchev–Trinajstić information content (AvgIpc) is 2.61. The van der Waals surface area contributed by atoms with E-state index in [0.29, 0.717) is 5.92 Å². The largest absolute Gasteiger partial charge is 0.430 e. The Hall–Kier alpha value is -0.340. The van der Waals surface area contributed by atoms with Gasteiger partial charge in [0.15, 0.2) is 4.75 Å². The van der Waals surface area contributed by atoms with E-state index in [0.717, 1.165) is 12.3 Å². The van der Waals surface area contributed by atoms with Gasteiger partial charge < -0.3 is 5.11 Å². The number of fused-ring (bicyclic) bond motifs is 1. The summed E-state index contributed by atoms with van der Waals surface area (Å²) in [5.41, 5.74) is 0. The van der Waals surface area contributed by atoms with Gasteiger partial charge in [-0.2, -0.15) is 8.42 Å². The fourth-order valence-electron chi connectivity index (χ4n) is 2.70. The number of hydrogen-bond donors (Lipinski definition) is 1. The van der Waals surface area contributed by atoms with Crippen molar-refractivity contribution in [3.63, 3.8) is 0 Å². The molecule has 0 bridgehead atoms. The van der Waals surface area contributed by atoms with E-state index in [2.05, 4.69) is 0 Å². The predicted octanol–water partition coefficient (Wildman–Crippen LogP) is 2.22. The molecule has 3 atom stereocenters. The highest BCUT2D eigenvalue weighted by Crippen LogP contribution is 2.41. The molecule has 0 amide bonds. The highest BCUT2D eigenvalue weighted by Gasteiger charge is 2.35. The lowest BCUT2D eigenvalue weighted by Crippen LogP contribution is -2.22. The Kier molecular flexibility index (Phi) is 5.21. The maximum Gasteiger partial charge on any atom is 0.430 e. The minimum atomic E-state index is -5.74. The van der Waals surface area contributed by atoms with Crippen molar-refractivity contribution in [2.24, 2.45) is 11.8 Å². The van der Waals surface area contributed by atoms with Gasteiger partial charge in [-0.15, -0.1) is 0 Å². The lowest BCUT2D eigenvalue weighted by atomic mass is 9.81. The van der Waals surface area contributed by atoms with E-state index in [1.54, 1.807) is 0 Å². The van der Waals surface area contributed by atoms with Gasteiger partial charge in [-0.1, -0.05) is 32.1 Å². The van der Waals surface area contributed by atoms with Crippen LogP contribution in [-0.4, -0.2) is 24.4 Å². The van der Waals surface area contributed by atoms with Crippen molar-refractivity contribution in [2.75, 3.05) is 0 Å². The Bertz CT molecular complexity index is 334. The van der Waals surface area contributed by atoms with E-state index in [9.17, 15) is 18.0 Å². The summed E-state index contributed by atoms with van der Waals surface area (Å²) < 4.78 is 46.7. The third kappa shape index (κ3) is 4.44. The molecule has 2 rings (SSSR count). The van der Waals surface area contributed by atoms with Crippen LogP contribution in [0, 0.1) is 11.8 Å². The zero-order valence-electron chi connectivity index (χ0n) is 9.23. The number of nitrogens with zero attached hydrogens (tertiary/aromatic N) is 1. The summed E-state index contributed by atoms with van der Waals surface area (Å²) >= 11 is 0. The molecule has 0 saturated heterocycles. The highest BCUT2D eigenvalue weighted by molar-refractivity contribution is 7.83. The first kappa shape index (κ1) is 14.7. The number of rotatable bonds is 1. The van der Waals surface area contributed by atoms with Crippen molar-refractivity contribution < 1.29 is 26.4 Å². The molecular formula is C9H16F3NO3S. The maximum absolute atomic E-state index is 10.7. The fraction of sp³-hybridized carbons (Fsp3) is 1.00. The van der Waals surface area contributed by atoms with Gasteiger partial charge in [0.25, 0.3) is 0 Å². The normalized spacial score (nSPS) is 32.9. The van der Waals surface area contributed by atoms with Gasteiger partial charge >= 0.3 is 10.4 Å². The molecule has 8 heteroatoms. The van der Waals surface area contributed by atoms with Crippen molar-refractivity contribution in [1.82, 2.24) is 4.75 Å². The van der Waals surface area contributed by atoms with Gasteiger partial charge in [0.1, 0.15) is 0 Å². The van der Waals surface area contributed by atoms with Crippen LogP contribution in [0.25, 0.3) is 0 Å². The summed E-state index contributed by atoms with van der Waals surface area (Å²) in [5, 5.41) is 9.52. The predicted molar refractivity (Wildman–Crippen MR) is 54.8 cm³/mol. The minimum Gasteiger partial charge on any atom is -0.393 e. The molecule has 0 spiro atoms. The summed E-state index contributed by atoms with van der Waals surface area (Å²) in [5.74, 6) is 1.58. The van der Waals surface area contributed by atoms with Crippen LogP contribution in [0.15, 0.2) is 0 Å². The zero-order valence-corrected chi connectivity index (χ0v) is 10.0. The summed E-state index contributed by atoms with van der Waals surface area (Å²) in [6, 6.07) is 0. The van der Waals surface area contributed by atoms with Crippen LogP contribution in [0.4, 0.5) is 12.8 Å². The summed E-state index contributed by atoms with van der Waals surface area (Å²) in [4.78, 5) is 0. The van der Waals surface area contributed by atoms with Crippen LogP contribution in [0.1, 0.15) is 38.5 Å². The molecule has 0 aromatic rings. The zero-order chi connectivity index (χ0) is 13.1. The van der Waals surface area contributed by atoms with Crippen LogP contribution < -0.4 is 0 Å². The lowest BCUT2D eigenvalue weighted by Gasteiger charge is -2.26. The second kappa shape index (κ2) is 6.01. The smallest absolute Gasteiger partial charge is 0.393 e. The first-order valence-electron chi connectivity index (χ1n) is 5.57. The van der Waals surface area contributed by atoms with Crippen molar-refractivity contribution in [2.45, 2.75) is 44.6 Å². The third-order valence-electron chi connectivity index (χ3n) is 3.46. The molecule has 1 N–H and O–H groups in total. The Morgan fingerprint density at radius 1 is 1.06 bits per heavy atom. The molecule has 2 aliphatic carbocycles. The first-order valence-corrected chi connectivity index (χ1v) is 6.91.